The third-order valence-corrected chi connectivity index (χ3v) is 5.21. The number of amides is 1. The van der Waals surface area contributed by atoms with Crippen molar-refractivity contribution in [1.82, 2.24) is 10.2 Å². The summed E-state index contributed by atoms with van der Waals surface area (Å²) >= 11 is 0. The van der Waals surface area contributed by atoms with E-state index >= 15 is 0 Å². The number of nitrogens with two attached hydrogens (primary N) is 1. The lowest BCUT2D eigenvalue weighted by Crippen LogP contribution is -2.47. The number of rotatable bonds is 4. The zero-order valence-electron chi connectivity index (χ0n) is 13.1. The maximum absolute atomic E-state index is 12.3. The average molecular weight is 281 g/mol. The molecule has 1 aliphatic heterocycles. The summed E-state index contributed by atoms with van der Waals surface area (Å²) in [7, 11) is 0. The molecule has 0 aromatic heterocycles. The van der Waals surface area contributed by atoms with E-state index in [2.05, 4.69) is 24.1 Å². The number of carbonyl (C=O) groups excluding carboxylic acids is 1. The van der Waals surface area contributed by atoms with Gasteiger partial charge in [0.25, 0.3) is 0 Å². The summed E-state index contributed by atoms with van der Waals surface area (Å²) in [4.78, 5) is 14.8. The van der Waals surface area contributed by atoms with Crippen molar-refractivity contribution in [1.29, 1.82) is 0 Å². The minimum Gasteiger partial charge on any atom is -0.354 e. The second-order valence-corrected chi connectivity index (χ2v) is 6.84. The summed E-state index contributed by atoms with van der Waals surface area (Å²) in [5.74, 6) is 0.914. The number of likely N-dealkylation sites (tertiary alicyclic amines) is 1. The van der Waals surface area contributed by atoms with Crippen molar-refractivity contribution in [2.45, 2.75) is 64.5 Å². The Morgan fingerprint density at radius 3 is 2.65 bits per heavy atom. The maximum Gasteiger partial charge on any atom is 0.223 e. The molecule has 4 atom stereocenters. The molecule has 116 valence electrons. The van der Waals surface area contributed by atoms with Crippen LogP contribution >= 0.6 is 0 Å². The van der Waals surface area contributed by atoms with Gasteiger partial charge in [0, 0.05) is 24.5 Å². The Labute approximate surface area is 123 Å². The fourth-order valence-corrected chi connectivity index (χ4v) is 3.48. The molecule has 1 saturated heterocycles. The van der Waals surface area contributed by atoms with Gasteiger partial charge >= 0.3 is 0 Å². The number of hydrogen-bond donors (Lipinski definition) is 2. The first-order valence-electron chi connectivity index (χ1n) is 8.35. The average Bonchev–Trinajstić information content (AvgIpc) is 2.48. The van der Waals surface area contributed by atoms with Crippen molar-refractivity contribution < 1.29 is 4.79 Å². The van der Waals surface area contributed by atoms with E-state index in [9.17, 15) is 4.79 Å². The van der Waals surface area contributed by atoms with E-state index in [1.165, 1.54) is 32.4 Å². The standard InChI is InChI=1S/C16H31N3O/c1-12-6-7-14(10-15(12)17)16(20)18-11-13(2)19-8-4-3-5-9-19/h12-15H,3-11,17H2,1-2H3,(H,18,20). The quantitative estimate of drug-likeness (QED) is 0.825. The largest absolute Gasteiger partial charge is 0.354 e. The van der Waals surface area contributed by atoms with Crippen molar-refractivity contribution in [2.24, 2.45) is 17.6 Å². The summed E-state index contributed by atoms with van der Waals surface area (Å²) in [6.07, 6.45) is 6.89. The van der Waals surface area contributed by atoms with Crippen LogP contribution in [0.25, 0.3) is 0 Å². The molecule has 0 aromatic carbocycles. The van der Waals surface area contributed by atoms with Gasteiger partial charge in [-0.3, -0.25) is 9.69 Å². The van der Waals surface area contributed by atoms with Crippen LogP contribution in [0.1, 0.15) is 52.4 Å². The van der Waals surface area contributed by atoms with Gasteiger partial charge in [0.15, 0.2) is 0 Å². The van der Waals surface area contributed by atoms with E-state index in [1.54, 1.807) is 0 Å². The number of carbonyl (C=O) groups is 1. The molecule has 1 aliphatic carbocycles. The summed E-state index contributed by atoms with van der Waals surface area (Å²) in [6.45, 7) is 7.56. The summed E-state index contributed by atoms with van der Waals surface area (Å²) in [5, 5.41) is 3.15. The first-order chi connectivity index (χ1) is 9.58. The van der Waals surface area contributed by atoms with Crippen LogP contribution in [0.4, 0.5) is 0 Å². The number of nitrogens with one attached hydrogen (secondary N) is 1. The zero-order chi connectivity index (χ0) is 14.5. The van der Waals surface area contributed by atoms with Crippen LogP contribution in [0.2, 0.25) is 0 Å². The van der Waals surface area contributed by atoms with E-state index in [4.69, 9.17) is 5.73 Å². The Hall–Kier alpha value is -0.610. The molecule has 4 nitrogen and oxygen atoms in total. The molecule has 2 fully saturated rings. The van der Waals surface area contributed by atoms with E-state index < -0.39 is 0 Å². The third-order valence-electron chi connectivity index (χ3n) is 5.21. The van der Waals surface area contributed by atoms with Gasteiger partial charge < -0.3 is 11.1 Å². The van der Waals surface area contributed by atoms with Crippen LogP contribution in [0.15, 0.2) is 0 Å². The fourth-order valence-electron chi connectivity index (χ4n) is 3.48. The molecule has 4 heteroatoms. The summed E-state index contributed by atoms with van der Waals surface area (Å²) in [6, 6.07) is 0.648. The Morgan fingerprint density at radius 1 is 1.30 bits per heavy atom. The van der Waals surface area contributed by atoms with Crippen LogP contribution < -0.4 is 11.1 Å². The highest BCUT2D eigenvalue weighted by Gasteiger charge is 2.29. The van der Waals surface area contributed by atoms with Crippen LogP contribution in [0, 0.1) is 11.8 Å². The van der Waals surface area contributed by atoms with Crippen molar-refractivity contribution in [3.05, 3.63) is 0 Å². The van der Waals surface area contributed by atoms with E-state index in [-0.39, 0.29) is 17.9 Å². The van der Waals surface area contributed by atoms with Crippen molar-refractivity contribution in [2.75, 3.05) is 19.6 Å². The first kappa shape index (κ1) is 15.8. The minimum absolute atomic E-state index is 0.134. The molecular weight excluding hydrogens is 250 g/mol. The van der Waals surface area contributed by atoms with Crippen LogP contribution in [0.3, 0.4) is 0 Å². The van der Waals surface area contributed by atoms with Gasteiger partial charge in [-0.05, 0) is 58.0 Å². The molecule has 4 unspecified atom stereocenters. The Bertz CT molecular complexity index is 315. The highest BCUT2D eigenvalue weighted by atomic mass is 16.1. The van der Waals surface area contributed by atoms with Crippen LogP contribution in [-0.2, 0) is 4.79 Å². The molecule has 0 radical (unpaired) electrons. The normalized spacial score (nSPS) is 33.6. The van der Waals surface area contributed by atoms with E-state index in [1.807, 2.05) is 0 Å². The van der Waals surface area contributed by atoms with Gasteiger partial charge in [-0.1, -0.05) is 13.3 Å². The zero-order valence-corrected chi connectivity index (χ0v) is 13.1. The van der Waals surface area contributed by atoms with Crippen molar-refractivity contribution >= 4 is 5.91 Å². The Morgan fingerprint density at radius 2 is 2.00 bits per heavy atom. The second kappa shape index (κ2) is 7.41. The molecule has 20 heavy (non-hydrogen) atoms. The molecule has 1 saturated carbocycles. The topological polar surface area (TPSA) is 58.4 Å². The SMILES string of the molecule is CC1CCC(C(=O)NCC(C)N2CCCCC2)CC1N. The molecule has 0 aromatic rings. The minimum atomic E-state index is 0.134. The molecule has 3 N–H and O–H groups in total. The maximum atomic E-state index is 12.3. The third kappa shape index (κ3) is 4.19. The lowest BCUT2D eigenvalue weighted by atomic mass is 9.79. The van der Waals surface area contributed by atoms with Crippen LogP contribution in [-0.4, -0.2) is 42.5 Å². The monoisotopic (exact) mass is 281 g/mol. The lowest BCUT2D eigenvalue weighted by molar-refractivity contribution is -0.126. The number of piperidine rings is 1. The second-order valence-electron chi connectivity index (χ2n) is 6.84. The fraction of sp³-hybridized carbons (Fsp3) is 0.938. The van der Waals surface area contributed by atoms with Gasteiger partial charge in [0.1, 0.15) is 0 Å². The predicted molar refractivity (Wildman–Crippen MR) is 82.4 cm³/mol. The molecule has 0 spiro atoms. The molecular formula is C16H31N3O. The highest BCUT2D eigenvalue weighted by Crippen LogP contribution is 2.27. The molecule has 1 amide bonds. The lowest BCUT2D eigenvalue weighted by Gasteiger charge is -2.34. The van der Waals surface area contributed by atoms with Crippen molar-refractivity contribution in [3.63, 3.8) is 0 Å². The smallest absolute Gasteiger partial charge is 0.223 e. The van der Waals surface area contributed by atoms with Gasteiger partial charge in [-0.25, -0.2) is 0 Å². The Balaban J connectivity index is 1.71. The molecule has 0 bridgehead atoms. The number of nitrogens with zero attached hydrogens (tertiary/aromatic N) is 1. The van der Waals surface area contributed by atoms with Crippen molar-refractivity contribution in [3.8, 4) is 0 Å². The molecule has 2 aliphatic rings. The van der Waals surface area contributed by atoms with Gasteiger partial charge in [0.2, 0.25) is 5.91 Å². The number of hydrogen-bond acceptors (Lipinski definition) is 3. The van der Waals surface area contributed by atoms with Gasteiger partial charge in [-0.15, -0.1) is 0 Å². The Kier molecular flexibility index (Phi) is 5.85. The summed E-state index contributed by atoms with van der Waals surface area (Å²) in [5.41, 5.74) is 6.09. The van der Waals surface area contributed by atoms with E-state index in [0.29, 0.717) is 12.0 Å². The van der Waals surface area contributed by atoms with Gasteiger partial charge in [-0.2, -0.15) is 0 Å². The predicted octanol–water partition coefficient (Wildman–Crippen LogP) is 1.74. The molecule has 1 heterocycles. The first-order valence-corrected chi connectivity index (χ1v) is 8.35. The van der Waals surface area contributed by atoms with Gasteiger partial charge in [0.05, 0.1) is 0 Å². The van der Waals surface area contributed by atoms with Crippen LogP contribution in [0.5, 0.6) is 0 Å². The molecule has 2 rings (SSSR count). The highest BCUT2D eigenvalue weighted by molar-refractivity contribution is 5.78. The van der Waals surface area contributed by atoms with E-state index in [0.717, 1.165) is 25.8 Å². The summed E-state index contributed by atoms with van der Waals surface area (Å²) < 4.78 is 0.